The first kappa shape index (κ1) is 18.8. The van der Waals surface area contributed by atoms with Crippen LogP contribution >= 0.6 is 0 Å². The van der Waals surface area contributed by atoms with Crippen LogP contribution in [0.5, 0.6) is 5.75 Å². The average molecular weight is 341 g/mol. The van der Waals surface area contributed by atoms with Gasteiger partial charge >= 0.3 is 6.03 Å². The molecule has 2 rings (SSSR count). The Morgan fingerprint density at radius 1 is 0.960 bits per heavy atom. The zero-order chi connectivity index (χ0) is 17.9. The molecule has 0 fully saturated rings. The second kappa shape index (κ2) is 10.4. The maximum absolute atomic E-state index is 11.8. The third-order valence-electron chi connectivity index (χ3n) is 3.93. The monoisotopic (exact) mass is 341 g/mol. The summed E-state index contributed by atoms with van der Waals surface area (Å²) in [5, 5.41) is 5.78. The van der Waals surface area contributed by atoms with Crippen molar-refractivity contribution >= 4 is 6.03 Å². The number of hydrogen-bond donors (Lipinski definition) is 2. The number of methoxy groups -OCH3 is 1. The van der Waals surface area contributed by atoms with Crippen LogP contribution in [0.3, 0.4) is 0 Å². The van der Waals surface area contributed by atoms with Crippen molar-refractivity contribution in [2.75, 3.05) is 33.8 Å². The summed E-state index contributed by atoms with van der Waals surface area (Å²) in [6.07, 6.45) is 0.797. The molecule has 134 valence electrons. The first-order valence-corrected chi connectivity index (χ1v) is 8.54. The normalized spacial score (nSPS) is 10.5. The van der Waals surface area contributed by atoms with Gasteiger partial charge in [-0.05, 0) is 36.7 Å². The van der Waals surface area contributed by atoms with Gasteiger partial charge in [-0.1, -0.05) is 42.5 Å². The van der Waals surface area contributed by atoms with E-state index >= 15 is 0 Å². The summed E-state index contributed by atoms with van der Waals surface area (Å²) in [7, 11) is 3.70. The summed E-state index contributed by atoms with van der Waals surface area (Å²) in [4.78, 5) is 14.0. The SMILES string of the molecule is COc1ccc(CCNC(=O)NCCN(C)Cc2ccccc2)cc1. The summed E-state index contributed by atoms with van der Waals surface area (Å²) in [6.45, 7) is 2.91. The summed E-state index contributed by atoms with van der Waals surface area (Å²) >= 11 is 0. The van der Waals surface area contributed by atoms with E-state index in [1.54, 1.807) is 7.11 Å². The number of carbonyl (C=O) groups is 1. The van der Waals surface area contributed by atoms with E-state index in [-0.39, 0.29) is 6.03 Å². The number of carbonyl (C=O) groups excluding carboxylic acids is 1. The average Bonchev–Trinajstić information content (AvgIpc) is 2.63. The van der Waals surface area contributed by atoms with Crippen LogP contribution in [-0.2, 0) is 13.0 Å². The van der Waals surface area contributed by atoms with E-state index in [9.17, 15) is 4.79 Å². The van der Waals surface area contributed by atoms with E-state index in [2.05, 4.69) is 34.7 Å². The van der Waals surface area contributed by atoms with Gasteiger partial charge in [0.15, 0.2) is 0 Å². The molecule has 0 unspecified atom stereocenters. The molecule has 0 saturated heterocycles. The Morgan fingerprint density at radius 2 is 1.64 bits per heavy atom. The van der Waals surface area contributed by atoms with Crippen molar-refractivity contribution in [1.82, 2.24) is 15.5 Å². The fourth-order valence-corrected chi connectivity index (χ4v) is 2.51. The number of likely N-dealkylation sites (N-methyl/N-ethyl adjacent to an activating group) is 1. The Morgan fingerprint density at radius 3 is 2.32 bits per heavy atom. The van der Waals surface area contributed by atoms with Crippen molar-refractivity contribution in [3.8, 4) is 5.75 Å². The fraction of sp³-hybridized carbons (Fsp3) is 0.350. The van der Waals surface area contributed by atoms with Gasteiger partial charge in [-0.3, -0.25) is 0 Å². The topological polar surface area (TPSA) is 53.6 Å². The van der Waals surface area contributed by atoms with Crippen LogP contribution in [0.1, 0.15) is 11.1 Å². The molecular weight excluding hydrogens is 314 g/mol. The van der Waals surface area contributed by atoms with Crippen molar-refractivity contribution in [1.29, 1.82) is 0 Å². The van der Waals surface area contributed by atoms with Gasteiger partial charge in [-0.15, -0.1) is 0 Å². The second-order valence-electron chi connectivity index (χ2n) is 6.00. The number of nitrogens with zero attached hydrogens (tertiary/aromatic N) is 1. The molecule has 2 aromatic rings. The summed E-state index contributed by atoms with van der Waals surface area (Å²) < 4.78 is 5.13. The van der Waals surface area contributed by atoms with Gasteiger partial charge in [0.2, 0.25) is 0 Å². The smallest absolute Gasteiger partial charge is 0.314 e. The van der Waals surface area contributed by atoms with Crippen LogP contribution in [0.15, 0.2) is 54.6 Å². The number of ether oxygens (including phenoxy) is 1. The van der Waals surface area contributed by atoms with E-state index in [0.717, 1.165) is 25.3 Å². The van der Waals surface area contributed by atoms with Gasteiger partial charge < -0.3 is 20.3 Å². The Bertz CT molecular complexity index is 629. The van der Waals surface area contributed by atoms with Gasteiger partial charge in [-0.2, -0.15) is 0 Å². The predicted octanol–water partition coefficient (Wildman–Crippen LogP) is 2.67. The largest absolute Gasteiger partial charge is 0.497 e. The number of amides is 2. The Kier molecular flexibility index (Phi) is 7.79. The molecule has 0 aliphatic heterocycles. The fourth-order valence-electron chi connectivity index (χ4n) is 2.51. The minimum Gasteiger partial charge on any atom is -0.497 e. The van der Waals surface area contributed by atoms with Crippen molar-refractivity contribution in [2.24, 2.45) is 0 Å². The number of nitrogens with one attached hydrogen (secondary N) is 2. The van der Waals surface area contributed by atoms with E-state index in [0.29, 0.717) is 13.1 Å². The lowest BCUT2D eigenvalue weighted by Crippen LogP contribution is -2.40. The van der Waals surface area contributed by atoms with Gasteiger partial charge in [0.1, 0.15) is 5.75 Å². The molecular formula is C20H27N3O2. The highest BCUT2D eigenvalue weighted by molar-refractivity contribution is 5.73. The lowest BCUT2D eigenvalue weighted by Gasteiger charge is -2.17. The molecule has 0 bridgehead atoms. The van der Waals surface area contributed by atoms with Crippen LogP contribution in [0.2, 0.25) is 0 Å². The third kappa shape index (κ3) is 7.27. The van der Waals surface area contributed by atoms with E-state index in [1.807, 2.05) is 42.5 Å². The Balaban J connectivity index is 1.57. The van der Waals surface area contributed by atoms with Crippen molar-refractivity contribution in [3.05, 3.63) is 65.7 Å². The highest BCUT2D eigenvalue weighted by Gasteiger charge is 2.03. The molecule has 0 aliphatic rings. The molecule has 0 aromatic heterocycles. The highest BCUT2D eigenvalue weighted by Crippen LogP contribution is 2.11. The lowest BCUT2D eigenvalue weighted by molar-refractivity contribution is 0.238. The Labute approximate surface area is 150 Å². The second-order valence-corrected chi connectivity index (χ2v) is 6.00. The summed E-state index contributed by atoms with van der Waals surface area (Å²) in [5.41, 5.74) is 2.44. The van der Waals surface area contributed by atoms with E-state index in [1.165, 1.54) is 11.1 Å². The zero-order valence-electron chi connectivity index (χ0n) is 15.0. The van der Waals surface area contributed by atoms with Gasteiger partial charge in [0.25, 0.3) is 0 Å². The maximum Gasteiger partial charge on any atom is 0.314 e. The number of hydrogen-bond acceptors (Lipinski definition) is 3. The van der Waals surface area contributed by atoms with Crippen molar-refractivity contribution in [3.63, 3.8) is 0 Å². The molecule has 5 nitrogen and oxygen atoms in total. The number of urea groups is 1. The van der Waals surface area contributed by atoms with Crippen molar-refractivity contribution < 1.29 is 9.53 Å². The molecule has 0 heterocycles. The quantitative estimate of drug-likeness (QED) is 0.737. The highest BCUT2D eigenvalue weighted by atomic mass is 16.5. The minimum absolute atomic E-state index is 0.123. The third-order valence-corrected chi connectivity index (χ3v) is 3.93. The molecule has 0 saturated carbocycles. The molecule has 2 amide bonds. The Hall–Kier alpha value is -2.53. The van der Waals surface area contributed by atoms with Gasteiger partial charge in [0, 0.05) is 26.2 Å². The molecule has 0 atom stereocenters. The molecule has 0 spiro atoms. The van der Waals surface area contributed by atoms with Crippen LogP contribution in [0.25, 0.3) is 0 Å². The molecule has 5 heteroatoms. The minimum atomic E-state index is -0.123. The van der Waals surface area contributed by atoms with Crippen LogP contribution < -0.4 is 15.4 Å². The van der Waals surface area contributed by atoms with Crippen molar-refractivity contribution in [2.45, 2.75) is 13.0 Å². The first-order chi connectivity index (χ1) is 12.2. The zero-order valence-corrected chi connectivity index (χ0v) is 15.0. The van der Waals surface area contributed by atoms with E-state index < -0.39 is 0 Å². The molecule has 2 aromatic carbocycles. The van der Waals surface area contributed by atoms with Gasteiger partial charge in [0.05, 0.1) is 7.11 Å². The predicted molar refractivity (Wildman–Crippen MR) is 101 cm³/mol. The molecule has 0 aliphatic carbocycles. The first-order valence-electron chi connectivity index (χ1n) is 8.54. The molecule has 2 N–H and O–H groups in total. The van der Waals surface area contributed by atoms with Crippen LogP contribution in [-0.4, -0.2) is 44.7 Å². The van der Waals surface area contributed by atoms with E-state index in [4.69, 9.17) is 4.74 Å². The lowest BCUT2D eigenvalue weighted by atomic mass is 10.1. The number of benzene rings is 2. The maximum atomic E-state index is 11.8. The molecule has 0 radical (unpaired) electrons. The summed E-state index contributed by atoms with van der Waals surface area (Å²) in [6, 6.07) is 18.1. The van der Waals surface area contributed by atoms with Crippen LogP contribution in [0.4, 0.5) is 4.79 Å². The molecule has 25 heavy (non-hydrogen) atoms. The standard InChI is InChI=1S/C20H27N3O2/c1-23(16-18-6-4-3-5-7-18)15-14-22-20(24)21-13-12-17-8-10-19(25-2)11-9-17/h3-11H,12-16H2,1-2H3,(H2,21,22,24). The summed E-state index contributed by atoms with van der Waals surface area (Å²) in [5.74, 6) is 0.842. The number of rotatable bonds is 9. The van der Waals surface area contributed by atoms with Crippen LogP contribution in [0, 0.1) is 0 Å². The van der Waals surface area contributed by atoms with Gasteiger partial charge in [-0.25, -0.2) is 4.79 Å².